The number of carboxylic acids is 1. The van der Waals surface area contributed by atoms with Gasteiger partial charge in [-0.1, -0.05) is 12.1 Å². The standard InChI is InChI=1S/C11H15NO3/c1-12(2)9-6-4-8(5-7-9)10(15-3)11(13)14/h4-7,10H,1-3H3,(H,13,14). The summed E-state index contributed by atoms with van der Waals surface area (Å²) < 4.78 is 4.88. The molecule has 0 saturated heterocycles. The number of rotatable bonds is 4. The topological polar surface area (TPSA) is 49.8 Å². The van der Waals surface area contributed by atoms with Crippen LogP contribution < -0.4 is 4.90 Å². The van der Waals surface area contributed by atoms with Crippen LogP contribution in [0.15, 0.2) is 24.3 Å². The van der Waals surface area contributed by atoms with Gasteiger partial charge in [-0.15, -0.1) is 0 Å². The number of methoxy groups -OCH3 is 1. The van der Waals surface area contributed by atoms with E-state index >= 15 is 0 Å². The molecule has 1 rings (SSSR count). The van der Waals surface area contributed by atoms with Crippen molar-refractivity contribution in [1.29, 1.82) is 0 Å². The third-order valence-corrected chi connectivity index (χ3v) is 2.17. The zero-order valence-electron chi connectivity index (χ0n) is 9.10. The largest absolute Gasteiger partial charge is 0.479 e. The molecule has 0 aliphatic rings. The fraction of sp³-hybridized carbons (Fsp3) is 0.364. The fourth-order valence-electron chi connectivity index (χ4n) is 1.33. The molecule has 0 aromatic heterocycles. The van der Waals surface area contributed by atoms with Crippen LogP contribution in [0.2, 0.25) is 0 Å². The Balaban J connectivity index is 2.92. The van der Waals surface area contributed by atoms with Gasteiger partial charge in [-0.2, -0.15) is 0 Å². The Morgan fingerprint density at radius 1 is 1.33 bits per heavy atom. The maximum Gasteiger partial charge on any atom is 0.337 e. The Kier molecular flexibility index (Phi) is 3.68. The highest BCUT2D eigenvalue weighted by Crippen LogP contribution is 2.20. The van der Waals surface area contributed by atoms with Gasteiger partial charge >= 0.3 is 5.97 Å². The maximum atomic E-state index is 10.8. The summed E-state index contributed by atoms with van der Waals surface area (Å²) in [5.74, 6) is -0.977. The smallest absolute Gasteiger partial charge is 0.337 e. The molecule has 0 radical (unpaired) electrons. The predicted octanol–water partition coefficient (Wildman–Crippen LogP) is 1.52. The van der Waals surface area contributed by atoms with E-state index in [0.29, 0.717) is 5.56 Å². The Hall–Kier alpha value is -1.55. The van der Waals surface area contributed by atoms with Gasteiger partial charge in [0.05, 0.1) is 0 Å². The van der Waals surface area contributed by atoms with Crippen LogP contribution in [0.25, 0.3) is 0 Å². The third-order valence-electron chi connectivity index (χ3n) is 2.17. The van der Waals surface area contributed by atoms with E-state index in [1.807, 2.05) is 31.1 Å². The molecule has 0 fully saturated rings. The first-order valence-electron chi connectivity index (χ1n) is 4.59. The van der Waals surface area contributed by atoms with Crippen molar-refractivity contribution in [3.63, 3.8) is 0 Å². The van der Waals surface area contributed by atoms with Gasteiger partial charge in [0.1, 0.15) is 0 Å². The highest BCUT2D eigenvalue weighted by atomic mass is 16.5. The molecule has 0 heterocycles. The first-order chi connectivity index (χ1) is 7.06. The Morgan fingerprint density at radius 2 is 1.87 bits per heavy atom. The van der Waals surface area contributed by atoms with Crippen LogP contribution in [0.3, 0.4) is 0 Å². The molecule has 1 unspecified atom stereocenters. The SMILES string of the molecule is COC(C(=O)O)c1ccc(N(C)C)cc1. The first kappa shape index (κ1) is 11.5. The first-order valence-corrected chi connectivity index (χ1v) is 4.59. The molecule has 4 heteroatoms. The summed E-state index contributed by atoms with van der Waals surface area (Å²) in [7, 11) is 5.25. The van der Waals surface area contributed by atoms with Crippen LogP contribution >= 0.6 is 0 Å². The number of hydrogen-bond donors (Lipinski definition) is 1. The molecular formula is C11H15NO3. The van der Waals surface area contributed by atoms with E-state index < -0.39 is 12.1 Å². The Morgan fingerprint density at radius 3 is 2.20 bits per heavy atom. The number of nitrogens with zero attached hydrogens (tertiary/aromatic N) is 1. The van der Waals surface area contributed by atoms with Gasteiger partial charge < -0.3 is 14.7 Å². The van der Waals surface area contributed by atoms with Crippen LogP contribution in [0.5, 0.6) is 0 Å². The van der Waals surface area contributed by atoms with Crippen LogP contribution in [0, 0.1) is 0 Å². The average Bonchev–Trinajstić information content (AvgIpc) is 2.19. The molecule has 1 N–H and O–H groups in total. The summed E-state index contributed by atoms with van der Waals surface area (Å²) >= 11 is 0. The van der Waals surface area contributed by atoms with Gasteiger partial charge in [0.25, 0.3) is 0 Å². The van der Waals surface area contributed by atoms with Crippen molar-refractivity contribution in [3.05, 3.63) is 29.8 Å². The maximum absolute atomic E-state index is 10.8. The quantitative estimate of drug-likeness (QED) is 0.816. The van der Waals surface area contributed by atoms with Crippen LogP contribution in [-0.2, 0) is 9.53 Å². The third kappa shape index (κ3) is 2.70. The Labute approximate surface area is 89.1 Å². The van der Waals surface area contributed by atoms with Crippen molar-refractivity contribution in [2.75, 3.05) is 26.1 Å². The highest BCUT2D eigenvalue weighted by molar-refractivity contribution is 5.74. The molecular weight excluding hydrogens is 194 g/mol. The van der Waals surface area contributed by atoms with E-state index in [1.54, 1.807) is 12.1 Å². The molecule has 0 amide bonds. The predicted molar refractivity (Wildman–Crippen MR) is 58.2 cm³/mol. The van der Waals surface area contributed by atoms with Gasteiger partial charge in [-0.05, 0) is 17.7 Å². The van der Waals surface area contributed by atoms with Crippen molar-refractivity contribution < 1.29 is 14.6 Å². The number of ether oxygens (including phenoxy) is 1. The fourth-order valence-corrected chi connectivity index (χ4v) is 1.33. The van der Waals surface area contributed by atoms with Gasteiger partial charge in [-0.3, -0.25) is 0 Å². The summed E-state index contributed by atoms with van der Waals surface area (Å²) in [5.41, 5.74) is 1.68. The van der Waals surface area contributed by atoms with E-state index in [4.69, 9.17) is 9.84 Å². The van der Waals surface area contributed by atoms with Crippen molar-refractivity contribution in [1.82, 2.24) is 0 Å². The molecule has 0 spiro atoms. The lowest BCUT2D eigenvalue weighted by Gasteiger charge is -2.15. The Bertz CT molecular complexity index is 332. The van der Waals surface area contributed by atoms with Gasteiger partial charge in [0, 0.05) is 26.9 Å². The van der Waals surface area contributed by atoms with E-state index in [1.165, 1.54) is 7.11 Å². The second kappa shape index (κ2) is 4.79. The molecule has 0 bridgehead atoms. The number of hydrogen-bond acceptors (Lipinski definition) is 3. The molecule has 82 valence electrons. The zero-order valence-corrected chi connectivity index (χ0v) is 9.10. The summed E-state index contributed by atoms with van der Waals surface area (Å²) in [4.78, 5) is 12.8. The normalized spacial score (nSPS) is 12.2. The monoisotopic (exact) mass is 209 g/mol. The van der Waals surface area contributed by atoms with E-state index in [-0.39, 0.29) is 0 Å². The minimum atomic E-state index is -0.977. The molecule has 0 saturated carbocycles. The van der Waals surface area contributed by atoms with Crippen molar-refractivity contribution in [3.8, 4) is 0 Å². The van der Waals surface area contributed by atoms with Crippen LogP contribution in [0.4, 0.5) is 5.69 Å². The zero-order chi connectivity index (χ0) is 11.4. The number of benzene rings is 1. The molecule has 0 aliphatic heterocycles. The molecule has 15 heavy (non-hydrogen) atoms. The van der Waals surface area contributed by atoms with E-state index in [9.17, 15) is 4.79 Å². The van der Waals surface area contributed by atoms with Crippen molar-refractivity contribution in [2.45, 2.75) is 6.10 Å². The summed E-state index contributed by atoms with van der Waals surface area (Å²) in [6.45, 7) is 0. The van der Waals surface area contributed by atoms with Crippen molar-refractivity contribution >= 4 is 11.7 Å². The summed E-state index contributed by atoms with van der Waals surface area (Å²) in [6, 6.07) is 7.25. The van der Waals surface area contributed by atoms with Crippen LogP contribution in [0.1, 0.15) is 11.7 Å². The van der Waals surface area contributed by atoms with Gasteiger partial charge in [0.2, 0.25) is 0 Å². The number of aliphatic carboxylic acids is 1. The average molecular weight is 209 g/mol. The molecule has 1 aromatic carbocycles. The van der Waals surface area contributed by atoms with Gasteiger partial charge in [-0.25, -0.2) is 4.79 Å². The second-order valence-electron chi connectivity index (χ2n) is 3.44. The van der Waals surface area contributed by atoms with E-state index in [2.05, 4.69) is 0 Å². The van der Waals surface area contributed by atoms with Crippen molar-refractivity contribution in [2.24, 2.45) is 0 Å². The molecule has 4 nitrogen and oxygen atoms in total. The highest BCUT2D eigenvalue weighted by Gasteiger charge is 2.18. The lowest BCUT2D eigenvalue weighted by Crippen LogP contribution is -2.14. The molecule has 1 aromatic rings. The number of anilines is 1. The lowest BCUT2D eigenvalue weighted by molar-refractivity contribution is -0.148. The summed E-state index contributed by atoms with van der Waals surface area (Å²) in [5, 5.41) is 8.87. The minimum absolute atomic E-state index is 0.649. The minimum Gasteiger partial charge on any atom is -0.479 e. The van der Waals surface area contributed by atoms with Gasteiger partial charge in [0.15, 0.2) is 6.10 Å². The summed E-state index contributed by atoms with van der Waals surface area (Å²) in [6.07, 6.45) is -0.888. The lowest BCUT2D eigenvalue weighted by atomic mass is 10.1. The molecule has 0 aliphatic carbocycles. The van der Waals surface area contributed by atoms with E-state index in [0.717, 1.165) is 5.69 Å². The number of carbonyl (C=O) groups is 1. The van der Waals surface area contributed by atoms with Crippen LogP contribution in [-0.4, -0.2) is 32.3 Å². The molecule has 1 atom stereocenters. The number of carboxylic acid groups (broad SMARTS) is 1. The second-order valence-corrected chi connectivity index (χ2v) is 3.44.